The fraction of sp³-hybridized carbons (Fsp3) is 0.429. The lowest BCUT2D eigenvalue weighted by Crippen LogP contribution is -2.28. The van der Waals surface area contributed by atoms with E-state index in [1.54, 1.807) is 0 Å². The van der Waals surface area contributed by atoms with Gasteiger partial charge < -0.3 is 10.5 Å². The lowest BCUT2D eigenvalue weighted by Gasteiger charge is -2.15. The third kappa shape index (κ3) is 2.13. The van der Waals surface area contributed by atoms with E-state index in [1.165, 1.54) is 17.9 Å². The molecule has 0 aliphatic carbocycles. The minimum atomic E-state index is -4.42. The summed E-state index contributed by atoms with van der Waals surface area (Å²) in [6.07, 6.45) is -4.42. The molecule has 0 saturated heterocycles. The van der Waals surface area contributed by atoms with Crippen LogP contribution in [0.5, 0.6) is 5.75 Å². The van der Waals surface area contributed by atoms with E-state index in [4.69, 9.17) is 10.5 Å². The summed E-state index contributed by atoms with van der Waals surface area (Å²) in [5.41, 5.74) is 4.98. The van der Waals surface area contributed by atoms with Crippen molar-refractivity contribution < 1.29 is 17.9 Å². The molecule has 2 nitrogen and oxygen atoms in total. The molecule has 74 valence electrons. The van der Waals surface area contributed by atoms with E-state index in [0.717, 1.165) is 11.3 Å². The minimum absolute atomic E-state index is 0.0139. The molecule has 1 aromatic rings. The summed E-state index contributed by atoms with van der Waals surface area (Å²) in [6.45, 7) is 0. The second kappa shape index (κ2) is 3.55. The first kappa shape index (κ1) is 10.3. The van der Waals surface area contributed by atoms with Gasteiger partial charge in [-0.2, -0.15) is 13.2 Å². The van der Waals surface area contributed by atoms with Gasteiger partial charge in [-0.15, -0.1) is 11.3 Å². The van der Waals surface area contributed by atoms with E-state index in [0.29, 0.717) is 0 Å². The third-order valence-corrected chi connectivity index (χ3v) is 2.30. The Morgan fingerprint density at radius 2 is 2.08 bits per heavy atom. The van der Waals surface area contributed by atoms with Crippen molar-refractivity contribution >= 4 is 11.3 Å². The Bertz CT molecular complexity index is 284. The number of thiophene rings is 1. The number of nitrogens with two attached hydrogens (primary N) is 1. The molecule has 6 heteroatoms. The van der Waals surface area contributed by atoms with Crippen molar-refractivity contribution in [3.8, 4) is 5.75 Å². The van der Waals surface area contributed by atoms with Gasteiger partial charge >= 0.3 is 6.18 Å². The number of ether oxygens (including phenoxy) is 1. The molecule has 0 amide bonds. The van der Waals surface area contributed by atoms with Crippen LogP contribution in [0, 0.1) is 0 Å². The van der Waals surface area contributed by atoms with Crippen LogP contribution >= 0.6 is 11.3 Å². The maximum atomic E-state index is 12.2. The van der Waals surface area contributed by atoms with Crippen molar-refractivity contribution in [3.63, 3.8) is 0 Å². The summed E-state index contributed by atoms with van der Waals surface area (Å²) in [7, 11) is 1.31. The number of halogens is 3. The van der Waals surface area contributed by atoms with E-state index in [1.807, 2.05) is 0 Å². The van der Waals surface area contributed by atoms with Gasteiger partial charge in [0.1, 0.15) is 11.8 Å². The molecular formula is C7H8F3NOS. The van der Waals surface area contributed by atoms with Gasteiger partial charge in [0.25, 0.3) is 0 Å². The van der Waals surface area contributed by atoms with Crippen molar-refractivity contribution in [2.24, 2.45) is 5.73 Å². The third-order valence-electron chi connectivity index (χ3n) is 1.56. The highest BCUT2D eigenvalue weighted by molar-refractivity contribution is 7.08. The number of hydrogen-bond donors (Lipinski definition) is 1. The van der Waals surface area contributed by atoms with Crippen LogP contribution in [-0.2, 0) is 0 Å². The Labute approximate surface area is 77.1 Å². The highest BCUT2D eigenvalue weighted by atomic mass is 32.1. The smallest absolute Gasteiger partial charge is 0.407 e. The molecule has 2 N–H and O–H groups in total. The van der Waals surface area contributed by atoms with Gasteiger partial charge in [-0.05, 0) is 5.38 Å². The SMILES string of the molecule is COc1cscc1[C@@H](N)C(F)(F)F. The van der Waals surface area contributed by atoms with E-state index >= 15 is 0 Å². The Kier molecular flexibility index (Phi) is 2.82. The summed E-state index contributed by atoms with van der Waals surface area (Å²) in [6, 6.07) is -1.96. The summed E-state index contributed by atoms with van der Waals surface area (Å²) >= 11 is 1.13. The molecule has 0 aromatic carbocycles. The van der Waals surface area contributed by atoms with Gasteiger partial charge in [-0.25, -0.2) is 0 Å². The van der Waals surface area contributed by atoms with Gasteiger partial charge in [-0.1, -0.05) is 0 Å². The number of hydrogen-bond acceptors (Lipinski definition) is 3. The molecule has 0 aliphatic heterocycles. The number of alkyl halides is 3. The summed E-state index contributed by atoms with van der Waals surface area (Å²) in [5.74, 6) is 0.190. The van der Waals surface area contributed by atoms with Crippen molar-refractivity contribution in [2.75, 3.05) is 7.11 Å². The molecule has 0 aliphatic rings. The zero-order chi connectivity index (χ0) is 10.1. The van der Waals surface area contributed by atoms with Crippen molar-refractivity contribution in [1.29, 1.82) is 0 Å². The Morgan fingerprint density at radius 3 is 2.54 bits per heavy atom. The predicted octanol–water partition coefficient (Wildman–Crippen LogP) is 2.32. The van der Waals surface area contributed by atoms with Crippen LogP contribution in [0.3, 0.4) is 0 Å². The standard InChI is InChI=1S/C7H8F3NOS/c1-12-5-3-13-2-4(5)6(11)7(8,9)10/h2-3,6H,11H2,1H3/t6-/m1/s1. The van der Waals surface area contributed by atoms with Crippen LogP contribution in [0.15, 0.2) is 10.8 Å². The van der Waals surface area contributed by atoms with E-state index in [2.05, 4.69) is 0 Å². The molecule has 0 saturated carbocycles. The van der Waals surface area contributed by atoms with Crippen LogP contribution in [0.4, 0.5) is 13.2 Å². The van der Waals surface area contributed by atoms with Crippen LogP contribution in [0.1, 0.15) is 11.6 Å². The first-order chi connectivity index (χ1) is 5.96. The second-order valence-electron chi connectivity index (χ2n) is 2.41. The van der Waals surface area contributed by atoms with Crippen LogP contribution < -0.4 is 10.5 Å². The van der Waals surface area contributed by atoms with Crippen molar-refractivity contribution in [2.45, 2.75) is 12.2 Å². The minimum Gasteiger partial charge on any atom is -0.496 e. The largest absolute Gasteiger partial charge is 0.496 e. The van der Waals surface area contributed by atoms with E-state index in [-0.39, 0.29) is 11.3 Å². The summed E-state index contributed by atoms with van der Waals surface area (Å²) in [5, 5.41) is 2.83. The lowest BCUT2D eigenvalue weighted by molar-refractivity contribution is -0.149. The van der Waals surface area contributed by atoms with Crippen molar-refractivity contribution in [3.05, 3.63) is 16.3 Å². The molecule has 1 atom stereocenters. The van der Waals surface area contributed by atoms with Crippen molar-refractivity contribution in [1.82, 2.24) is 0 Å². The van der Waals surface area contributed by atoms with E-state index in [9.17, 15) is 13.2 Å². The molecule has 0 bridgehead atoms. The Morgan fingerprint density at radius 1 is 1.46 bits per heavy atom. The van der Waals surface area contributed by atoms with Crippen LogP contribution in [-0.4, -0.2) is 13.3 Å². The maximum absolute atomic E-state index is 12.2. The normalized spacial score (nSPS) is 14.2. The molecule has 1 rings (SSSR count). The van der Waals surface area contributed by atoms with Crippen LogP contribution in [0.25, 0.3) is 0 Å². The highest BCUT2D eigenvalue weighted by Crippen LogP contribution is 2.37. The number of rotatable bonds is 2. The van der Waals surface area contributed by atoms with Gasteiger partial charge in [0, 0.05) is 10.9 Å². The first-order valence-electron chi connectivity index (χ1n) is 3.39. The molecule has 0 fully saturated rings. The molecule has 1 heterocycles. The summed E-state index contributed by atoms with van der Waals surface area (Å²) < 4.78 is 41.2. The zero-order valence-electron chi connectivity index (χ0n) is 6.76. The van der Waals surface area contributed by atoms with E-state index < -0.39 is 12.2 Å². The summed E-state index contributed by atoms with van der Waals surface area (Å²) in [4.78, 5) is 0. The molecule has 0 spiro atoms. The topological polar surface area (TPSA) is 35.2 Å². The monoisotopic (exact) mass is 211 g/mol. The van der Waals surface area contributed by atoms with Gasteiger partial charge in [0.2, 0.25) is 0 Å². The van der Waals surface area contributed by atoms with Gasteiger partial charge in [0.15, 0.2) is 0 Å². The fourth-order valence-electron chi connectivity index (χ4n) is 0.864. The first-order valence-corrected chi connectivity index (χ1v) is 4.33. The van der Waals surface area contributed by atoms with Gasteiger partial charge in [-0.3, -0.25) is 0 Å². The molecular weight excluding hydrogens is 203 g/mol. The fourth-order valence-corrected chi connectivity index (χ4v) is 1.70. The molecule has 13 heavy (non-hydrogen) atoms. The van der Waals surface area contributed by atoms with Gasteiger partial charge in [0.05, 0.1) is 7.11 Å². The molecule has 1 aromatic heterocycles. The maximum Gasteiger partial charge on any atom is 0.407 e. The zero-order valence-corrected chi connectivity index (χ0v) is 7.58. The average molecular weight is 211 g/mol. The Hall–Kier alpha value is -0.750. The Balaban J connectivity index is 2.94. The predicted molar refractivity (Wildman–Crippen MR) is 43.9 cm³/mol. The number of methoxy groups -OCH3 is 1. The second-order valence-corrected chi connectivity index (χ2v) is 3.16. The highest BCUT2D eigenvalue weighted by Gasteiger charge is 2.39. The lowest BCUT2D eigenvalue weighted by atomic mass is 10.1. The quantitative estimate of drug-likeness (QED) is 0.814. The van der Waals surface area contributed by atoms with Crippen LogP contribution in [0.2, 0.25) is 0 Å². The molecule has 0 unspecified atom stereocenters. The molecule has 0 radical (unpaired) electrons. The average Bonchev–Trinajstić information content (AvgIpc) is 2.48.